The number of anilines is 1. The van der Waals surface area contributed by atoms with Gasteiger partial charge in [0.15, 0.2) is 5.78 Å². The van der Waals surface area contributed by atoms with Crippen LogP contribution in [0.5, 0.6) is 0 Å². The Morgan fingerprint density at radius 3 is 2.71 bits per heavy atom. The number of carbonyl (C=O) groups is 1. The van der Waals surface area contributed by atoms with Crippen molar-refractivity contribution < 1.29 is 9.53 Å². The summed E-state index contributed by atoms with van der Waals surface area (Å²) in [6.07, 6.45) is 0. The van der Waals surface area contributed by atoms with Gasteiger partial charge in [-0.3, -0.25) is 4.79 Å². The average Bonchev–Trinajstić information content (AvgIpc) is 2.18. The second kappa shape index (κ2) is 4.77. The van der Waals surface area contributed by atoms with E-state index in [2.05, 4.69) is 0 Å². The molecular formula is C11H15NO2. The summed E-state index contributed by atoms with van der Waals surface area (Å²) in [4.78, 5) is 13.4. The third-order valence-electron chi connectivity index (χ3n) is 1.96. The van der Waals surface area contributed by atoms with Crippen LogP contribution in [0.2, 0.25) is 0 Å². The quantitative estimate of drug-likeness (QED) is 0.680. The Bertz CT molecular complexity index is 321. The summed E-state index contributed by atoms with van der Waals surface area (Å²) in [5.74, 6) is 0.0104. The SMILES string of the molecule is COCC(=O)c1cccc(N(C)C)c1. The van der Waals surface area contributed by atoms with E-state index in [9.17, 15) is 4.79 Å². The zero-order valence-corrected chi connectivity index (χ0v) is 8.78. The van der Waals surface area contributed by atoms with Crippen molar-refractivity contribution in [1.29, 1.82) is 0 Å². The summed E-state index contributed by atoms with van der Waals surface area (Å²) in [5.41, 5.74) is 1.71. The number of hydrogen-bond acceptors (Lipinski definition) is 3. The number of rotatable bonds is 4. The molecule has 1 aromatic carbocycles. The van der Waals surface area contributed by atoms with Crippen LogP contribution < -0.4 is 4.90 Å². The van der Waals surface area contributed by atoms with Crippen molar-refractivity contribution in [2.45, 2.75) is 0 Å². The molecule has 0 aliphatic carbocycles. The van der Waals surface area contributed by atoms with Crippen LogP contribution in [0.15, 0.2) is 24.3 Å². The average molecular weight is 193 g/mol. The molecule has 76 valence electrons. The number of ether oxygens (including phenoxy) is 1. The van der Waals surface area contributed by atoms with Gasteiger partial charge in [0.05, 0.1) is 0 Å². The second-order valence-corrected chi connectivity index (χ2v) is 3.30. The highest BCUT2D eigenvalue weighted by molar-refractivity contribution is 5.97. The highest BCUT2D eigenvalue weighted by atomic mass is 16.5. The van der Waals surface area contributed by atoms with Crippen LogP contribution in [0.25, 0.3) is 0 Å². The third kappa shape index (κ3) is 2.57. The number of hydrogen-bond donors (Lipinski definition) is 0. The third-order valence-corrected chi connectivity index (χ3v) is 1.96. The van der Waals surface area contributed by atoms with Crippen LogP contribution in [0.4, 0.5) is 5.69 Å². The van der Waals surface area contributed by atoms with E-state index >= 15 is 0 Å². The monoisotopic (exact) mass is 193 g/mol. The van der Waals surface area contributed by atoms with Crippen LogP contribution in [0.3, 0.4) is 0 Å². The van der Waals surface area contributed by atoms with E-state index < -0.39 is 0 Å². The molecule has 0 spiro atoms. The number of Topliss-reactive ketones (excluding diaryl/α,β-unsaturated/α-hetero) is 1. The molecule has 0 bridgehead atoms. The first-order valence-electron chi connectivity index (χ1n) is 4.44. The summed E-state index contributed by atoms with van der Waals surface area (Å²) in [6.45, 7) is 0.136. The molecule has 0 N–H and O–H groups in total. The van der Waals surface area contributed by atoms with E-state index in [1.165, 1.54) is 7.11 Å². The zero-order valence-electron chi connectivity index (χ0n) is 8.78. The molecule has 0 saturated heterocycles. The van der Waals surface area contributed by atoms with Crippen molar-refractivity contribution in [2.24, 2.45) is 0 Å². The first-order chi connectivity index (χ1) is 6.65. The van der Waals surface area contributed by atoms with Crippen molar-refractivity contribution in [3.05, 3.63) is 29.8 Å². The molecule has 14 heavy (non-hydrogen) atoms. The standard InChI is InChI=1S/C11H15NO2/c1-12(2)10-6-4-5-9(7-10)11(13)8-14-3/h4-7H,8H2,1-3H3. The summed E-state index contributed by atoms with van der Waals surface area (Å²) >= 11 is 0. The lowest BCUT2D eigenvalue weighted by Crippen LogP contribution is -2.11. The number of carbonyl (C=O) groups excluding carboxylic acids is 1. The Labute approximate surface area is 84.3 Å². The fourth-order valence-electron chi connectivity index (χ4n) is 1.17. The number of ketones is 1. The van der Waals surface area contributed by atoms with Crippen LogP contribution >= 0.6 is 0 Å². The molecule has 0 atom stereocenters. The Kier molecular flexibility index (Phi) is 3.65. The summed E-state index contributed by atoms with van der Waals surface area (Å²) in [7, 11) is 5.41. The van der Waals surface area contributed by atoms with E-state index in [4.69, 9.17) is 4.74 Å². The lowest BCUT2D eigenvalue weighted by atomic mass is 10.1. The Balaban J connectivity index is 2.88. The van der Waals surface area contributed by atoms with E-state index in [1.54, 1.807) is 6.07 Å². The maximum atomic E-state index is 11.5. The van der Waals surface area contributed by atoms with Crippen molar-refractivity contribution in [3.8, 4) is 0 Å². The van der Waals surface area contributed by atoms with Gasteiger partial charge >= 0.3 is 0 Å². The van der Waals surface area contributed by atoms with Crippen LogP contribution in [0.1, 0.15) is 10.4 Å². The summed E-state index contributed by atoms with van der Waals surface area (Å²) < 4.78 is 4.80. The molecular weight excluding hydrogens is 178 g/mol. The zero-order chi connectivity index (χ0) is 10.6. The number of benzene rings is 1. The van der Waals surface area contributed by atoms with Gasteiger partial charge in [0.2, 0.25) is 0 Å². The summed E-state index contributed by atoms with van der Waals surface area (Å²) in [6, 6.07) is 7.50. The van der Waals surface area contributed by atoms with Gasteiger partial charge in [-0.15, -0.1) is 0 Å². The second-order valence-electron chi connectivity index (χ2n) is 3.30. The fraction of sp³-hybridized carbons (Fsp3) is 0.364. The lowest BCUT2D eigenvalue weighted by molar-refractivity contribution is 0.0848. The van der Waals surface area contributed by atoms with E-state index in [0.717, 1.165) is 5.69 Å². The number of methoxy groups -OCH3 is 1. The minimum Gasteiger partial charge on any atom is -0.378 e. The maximum Gasteiger partial charge on any atom is 0.188 e. The fourth-order valence-corrected chi connectivity index (χ4v) is 1.17. The highest BCUT2D eigenvalue weighted by Crippen LogP contribution is 2.13. The smallest absolute Gasteiger partial charge is 0.188 e. The molecule has 3 heteroatoms. The Morgan fingerprint density at radius 2 is 2.14 bits per heavy atom. The predicted octanol–water partition coefficient (Wildman–Crippen LogP) is 1.58. The van der Waals surface area contributed by atoms with Crippen molar-refractivity contribution in [1.82, 2.24) is 0 Å². The van der Waals surface area contributed by atoms with Crippen molar-refractivity contribution in [3.63, 3.8) is 0 Å². The molecule has 0 heterocycles. The van der Waals surface area contributed by atoms with Gasteiger partial charge in [-0.25, -0.2) is 0 Å². The molecule has 0 aromatic heterocycles. The van der Waals surface area contributed by atoms with E-state index in [-0.39, 0.29) is 12.4 Å². The molecule has 0 aliphatic heterocycles. The first kappa shape index (κ1) is 10.7. The van der Waals surface area contributed by atoms with Gasteiger partial charge in [0.1, 0.15) is 6.61 Å². The Morgan fingerprint density at radius 1 is 1.43 bits per heavy atom. The minimum atomic E-state index is 0.0104. The van der Waals surface area contributed by atoms with Crippen molar-refractivity contribution in [2.75, 3.05) is 32.7 Å². The molecule has 0 fully saturated rings. The highest BCUT2D eigenvalue weighted by Gasteiger charge is 2.05. The van der Waals surface area contributed by atoms with Gasteiger partial charge < -0.3 is 9.64 Å². The molecule has 1 rings (SSSR count). The molecule has 1 aromatic rings. The van der Waals surface area contributed by atoms with E-state index in [1.807, 2.05) is 37.2 Å². The van der Waals surface area contributed by atoms with E-state index in [0.29, 0.717) is 5.56 Å². The molecule has 0 saturated carbocycles. The molecule has 0 aliphatic rings. The first-order valence-corrected chi connectivity index (χ1v) is 4.44. The normalized spacial score (nSPS) is 9.93. The molecule has 0 unspecified atom stereocenters. The van der Waals surface area contributed by atoms with Gasteiger partial charge in [-0.05, 0) is 12.1 Å². The van der Waals surface area contributed by atoms with Gasteiger partial charge in [0, 0.05) is 32.5 Å². The summed E-state index contributed by atoms with van der Waals surface area (Å²) in [5, 5.41) is 0. The number of nitrogens with zero attached hydrogens (tertiary/aromatic N) is 1. The largest absolute Gasteiger partial charge is 0.378 e. The van der Waals surface area contributed by atoms with Gasteiger partial charge in [-0.2, -0.15) is 0 Å². The van der Waals surface area contributed by atoms with Crippen LogP contribution in [-0.2, 0) is 4.74 Å². The van der Waals surface area contributed by atoms with Crippen LogP contribution in [-0.4, -0.2) is 33.6 Å². The van der Waals surface area contributed by atoms with Crippen molar-refractivity contribution >= 4 is 11.5 Å². The lowest BCUT2D eigenvalue weighted by Gasteiger charge is -2.12. The maximum absolute atomic E-state index is 11.5. The molecule has 0 amide bonds. The Hall–Kier alpha value is -1.35. The van der Waals surface area contributed by atoms with Crippen LogP contribution in [0, 0.1) is 0 Å². The topological polar surface area (TPSA) is 29.5 Å². The van der Waals surface area contributed by atoms with Gasteiger partial charge in [-0.1, -0.05) is 12.1 Å². The minimum absolute atomic E-state index is 0.0104. The van der Waals surface area contributed by atoms with Gasteiger partial charge in [0.25, 0.3) is 0 Å². The predicted molar refractivity (Wildman–Crippen MR) is 57.0 cm³/mol. The molecule has 3 nitrogen and oxygen atoms in total. The molecule has 0 radical (unpaired) electrons.